The van der Waals surface area contributed by atoms with Crippen LogP contribution in [0.5, 0.6) is 0 Å². The number of pyridine rings is 1. The smallest absolute Gasteiger partial charge is 0.306 e. The normalized spacial score (nSPS) is 11.6. The fourth-order valence-corrected chi connectivity index (χ4v) is 1.78. The molecule has 0 aromatic carbocycles. The molecule has 21 heavy (non-hydrogen) atoms. The number of rotatable bonds is 5. The molecule has 0 aliphatic rings. The summed E-state index contributed by atoms with van der Waals surface area (Å²) >= 11 is 0. The zero-order valence-electron chi connectivity index (χ0n) is 13.4. The first-order valence-corrected chi connectivity index (χ1v) is 6.98. The molecule has 5 heteroatoms. The van der Waals surface area contributed by atoms with Crippen LogP contribution in [0, 0.1) is 11.3 Å². The van der Waals surface area contributed by atoms with Gasteiger partial charge in [0.15, 0.2) is 0 Å². The van der Waals surface area contributed by atoms with Crippen molar-refractivity contribution in [3.05, 3.63) is 23.9 Å². The average Bonchev–Trinajstić information content (AvgIpc) is 2.34. The number of ether oxygens (including phenoxy) is 1. The maximum absolute atomic E-state index is 11.7. The third-order valence-corrected chi connectivity index (χ3v) is 2.70. The molecule has 0 spiro atoms. The monoisotopic (exact) mass is 289 g/mol. The van der Waals surface area contributed by atoms with Gasteiger partial charge in [0.05, 0.1) is 0 Å². The van der Waals surface area contributed by atoms with Crippen molar-refractivity contribution in [3.8, 4) is 6.07 Å². The molecule has 0 atom stereocenters. The van der Waals surface area contributed by atoms with Crippen LogP contribution in [0.15, 0.2) is 18.2 Å². The number of aromatic nitrogens is 1. The Bertz CT molecular complexity index is 539. The molecule has 0 unspecified atom stereocenters. The van der Waals surface area contributed by atoms with E-state index in [1.807, 2.05) is 40.7 Å². The summed E-state index contributed by atoms with van der Waals surface area (Å²) in [5.74, 6) is 0.416. The molecule has 0 bridgehead atoms. The fourth-order valence-electron chi connectivity index (χ4n) is 1.78. The highest BCUT2D eigenvalue weighted by Crippen LogP contribution is 2.19. The van der Waals surface area contributed by atoms with Crippen molar-refractivity contribution >= 4 is 11.8 Å². The Kier molecular flexibility index (Phi) is 5.31. The molecule has 1 N–H and O–H groups in total. The van der Waals surface area contributed by atoms with Crippen LogP contribution in [-0.2, 0) is 9.53 Å². The van der Waals surface area contributed by atoms with E-state index in [4.69, 9.17) is 10.00 Å². The second-order valence-corrected chi connectivity index (χ2v) is 6.62. The Morgan fingerprint density at radius 3 is 2.57 bits per heavy atom. The van der Waals surface area contributed by atoms with E-state index in [1.54, 1.807) is 18.2 Å². The maximum Gasteiger partial charge on any atom is 0.306 e. The van der Waals surface area contributed by atoms with Crippen LogP contribution in [0.25, 0.3) is 0 Å². The largest absolute Gasteiger partial charge is 0.460 e. The standard InChI is InChI=1S/C16H23N3O2/c1-15(2,3)21-14(20)9-10-16(4,5)19-13-8-6-7-12(11-17)18-13/h6-8H,9-10H2,1-5H3,(H,18,19). The molecule has 0 saturated heterocycles. The second kappa shape index (κ2) is 6.57. The van der Waals surface area contributed by atoms with Crippen molar-refractivity contribution in [2.24, 2.45) is 0 Å². The van der Waals surface area contributed by atoms with E-state index in [1.165, 1.54) is 0 Å². The zero-order valence-corrected chi connectivity index (χ0v) is 13.4. The number of nitrogens with zero attached hydrogens (tertiary/aromatic N) is 2. The van der Waals surface area contributed by atoms with Crippen molar-refractivity contribution in [2.75, 3.05) is 5.32 Å². The highest BCUT2D eigenvalue weighted by Gasteiger charge is 2.22. The molecule has 5 nitrogen and oxygen atoms in total. The minimum atomic E-state index is -0.461. The lowest BCUT2D eigenvalue weighted by Gasteiger charge is -2.27. The van der Waals surface area contributed by atoms with Gasteiger partial charge in [0.25, 0.3) is 0 Å². The molecule has 0 aliphatic heterocycles. The van der Waals surface area contributed by atoms with Gasteiger partial charge in [0.2, 0.25) is 0 Å². The van der Waals surface area contributed by atoms with Crippen molar-refractivity contribution in [1.29, 1.82) is 5.26 Å². The van der Waals surface area contributed by atoms with Crippen molar-refractivity contribution in [1.82, 2.24) is 4.98 Å². The molecule has 1 rings (SSSR count). The Morgan fingerprint density at radius 1 is 1.33 bits per heavy atom. The third-order valence-electron chi connectivity index (χ3n) is 2.70. The van der Waals surface area contributed by atoms with Gasteiger partial charge in [-0.1, -0.05) is 6.07 Å². The lowest BCUT2D eigenvalue weighted by Crippen LogP contribution is -2.33. The zero-order chi connectivity index (χ0) is 16.1. The number of carbonyl (C=O) groups is 1. The van der Waals surface area contributed by atoms with Crippen LogP contribution in [0.3, 0.4) is 0 Å². The van der Waals surface area contributed by atoms with Gasteiger partial charge < -0.3 is 10.1 Å². The molecule has 114 valence electrons. The summed E-state index contributed by atoms with van der Waals surface area (Å²) in [6.07, 6.45) is 0.940. The van der Waals surface area contributed by atoms with Gasteiger partial charge in [-0.2, -0.15) is 5.26 Å². The van der Waals surface area contributed by atoms with Crippen molar-refractivity contribution in [2.45, 2.75) is 58.6 Å². The van der Waals surface area contributed by atoms with E-state index in [-0.39, 0.29) is 11.5 Å². The third kappa shape index (κ3) is 6.75. The van der Waals surface area contributed by atoms with Crippen LogP contribution in [0.2, 0.25) is 0 Å². The maximum atomic E-state index is 11.7. The number of hydrogen-bond acceptors (Lipinski definition) is 5. The van der Waals surface area contributed by atoms with Crippen LogP contribution in [0.1, 0.15) is 53.2 Å². The summed E-state index contributed by atoms with van der Waals surface area (Å²) < 4.78 is 5.29. The first-order valence-electron chi connectivity index (χ1n) is 6.98. The lowest BCUT2D eigenvalue weighted by atomic mass is 9.98. The summed E-state index contributed by atoms with van der Waals surface area (Å²) in [5.41, 5.74) is -0.419. The highest BCUT2D eigenvalue weighted by atomic mass is 16.6. The number of hydrogen-bond donors (Lipinski definition) is 1. The van der Waals surface area contributed by atoms with Gasteiger partial charge in [-0.25, -0.2) is 4.98 Å². The Balaban J connectivity index is 2.57. The van der Waals surface area contributed by atoms with E-state index >= 15 is 0 Å². The van der Waals surface area contributed by atoms with Crippen molar-refractivity contribution in [3.63, 3.8) is 0 Å². The van der Waals surface area contributed by atoms with Gasteiger partial charge in [-0.15, -0.1) is 0 Å². The van der Waals surface area contributed by atoms with Gasteiger partial charge in [0.1, 0.15) is 23.2 Å². The summed E-state index contributed by atoms with van der Waals surface area (Å²) in [6.45, 7) is 9.53. The molecule has 1 aromatic rings. The summed E-state index contributed by atoms with van der Waals surface area (Å²) in [4.78, 5) is 15.9. The number of carbonyl (C=O) groups excluding carboxylic acids is 1. The highest BCUT2D eigenvalue weighted by molar-refractivity contribution is 5.70. The Hall–Kier alpha value is -2.09. The Labute approximate surface area is 126 Å². The second-order valence-electron chi connectivity index (χ2n) is 6.62. The number of nitrogens with one attached hydrogen (secondary N) is 1. The summed E-state index contributed by atoms with van der Waals surface area (Å²) in [6, 6.07) is 7.23. The number of esters is 1. The van der Waals surface area contributed by atoms with Crippen LogP contribution in [-0.4, -0.2) is 22.1 Å². The topological polar surface area (TPSA) is 75.0 Å². The quantitative estimate of drug-likeness (QED) is 0.842. The van der Waals surface area contributed by atoms with Gasteiger partial charge >= 0.3 is 5.97 Å². The molecule has 0 amide bonds. The first kappa shape index (κ1) is 17.0. The molecule has 0 saturated carbocycles. The van der Waals surface area contributed by atoms with E-state index in [9.17, 15) is 4.79 Å². The average molecular weight is 289 g/mol. The molecule has 1 heterocycles. The molecule has 1 aromatic heterocycles. The molecule has 0 fully saturated rings. The number of anilines is 1. The molecule has 0 radical (unpaired) electrons. The van der Waals surface area contributed by atoms with Gasteiger partial charge in [0, 0.05) is 12.0 Å². The molecule has 0 aliphatic carbocycles. The minimum absolute atomic E-state index is 0.212. The first-order chi connectivity index (χ1) is 9.61. The molecular weight excluding hydrogens is 266 g/mol. The predicted molar refractivity (Wildman–Crippen MR) is 81.7 cm³/mol. The Morgan fingerprint density at radius 2 is 2.00 bits per heavy atom. The van der Waals surface area contributed by atoms with E-state index in [0.29, 0.717) is 24.4 Å². The van der Waals surface area contributed by atoms with E-state index < -0.39 is 5.60 Å². The van der Waals surface area contributed by atoms with E-state index in [0.717, 1.165) is 0 Å². The van der Waals surface area contributed by atoms with E-state index in [2.05, 4.69) is 10.3 Å². The summed E-state index contributed by atoms with van der Waals surface area (Å²) in [7, 11) is 0. The molecular formula is C16H23N3O2. The van der Waals surface area contributed by atoms with Gasteiger partial charge in [-0.05, 0) is 53.2 Å². The fraction of sp³-hybridized carbons (Fsp3) is 0.562. The van der Waals surface area contributed by atoms with Crippen LogP contribution < -0.4 is 5.32 Å². The minimum Gasteiger partial charge on any atom is -0.460 e. The summed E-state index contributed by atoms with van der Waals surface area (Å²) in [5, 5.41) is 12.1. The van der Waals surface area contributed by atoms with Crippen LogP contribution in [0.4, 0.5) is 5.82 Å². The number of nitriles is 1. The SMILES string of the molecule is CC(C)(CCC(=O)OC(C)(C)C)Nc1cccc(C#N)n1. The van der Waals surface area contributed by atoms with Gasteiger partial charge in [-0.3, -0.25) is 4.79 Å². The predicted octanol–water partition coefficient (Wildman–Crippen LogP) is 3.27. The van der Waals surface area contributed by atoms with Crippen LogP contribution >= 0.6 is 0 Å². The lowest BCUT2D eigenvalue weighted by molar-refractivity contribution is -0.155. The van der Waals surface area contributed by atoms with Crippen molar-refractivity contribution < 1.29 is 9.53 Å².